The lowest BCUT2D eigenvalue weighted by Crippen LogP contribution is -2.46. The van der Waals surface area contributed by atoms with Crippen LogP contribution in [0.1, 0.15) is 51.1 Å². The number of urea groups is 1. The Labute approximate surface area is 172 Å². The largest absolute Gasteiger partial charge is 0.503 e. The van der Waals surface area contributed by atoms with E-state index in [1.54, 1.807) is 26.1 Å². The van der Waals surface area contributed by atoms with Gasteiger partial charge in [0.05, 0.1) is 22.7 Å². The van der Waals surface area contributed by atoms with E-state index in [9.17, 15) is 14.7 Å². The average molecular weight is 453 g/mol. The number of hydrogen-bond donors (Lipinski definition) is 2. The molecule has 0 radical (unpaired) electrons. The van der Waals surface area contributed by atoms with Crippen molar-refractivity contribution < 1.29 is 24.2 Å². The van der Waals surface area contributed by atoms with E-state index in [1.165, 1.54) is 4.90 Å². The number of phenols is 1. The van der Waals surface area contributed by atoms with Crippen LogP contribution in [0.2, 0.25) is 0 Å². The molecule has 0 saturated heterocycles. The van der Waals surface area contributed by atoms with Crippen LogP contribution < -0.4 is 10.1 Å². The molecule has 1 saturated carbocycles. The van der Waals surface area contributed by atoms with Crippen LogP contribution in [0.3, 0.4) is 0 Å². The van der Waals surface area contributed by atoms with Gasteiger partial charge in [-0.1, -0.05) is 0 Å². The number of ether oxygens (including phenoxy) is 2. The second-order valence-electron chi connectivity index (χ2n) is 7.03. The van der Waals surface area contributed by atoms with Crippen molar-refractivity contribution in [1.29, 1.82) is 0 Å². The van der Waals surface area contributed by atoms with Gasteiger partial charge >= 0.3 is 12.0 Å². The Kier molecular flexibility index (Phi) is 6.17. The third-order valence-electron chi connectivity index (χ3n) is 5.23. The Morgan fingerprint density at radius 2 is 2.04 bits per heavy atom. The van der Waals surface area contributed by atoms with Crippen molar-refractivity contribution in [3.8, 4) is 11.5 Å². The highest BCUT2D eigenvalue weighted by Crippen LogP contribution is 2.40. The molecule has 2 N–H and O–H groups in total. The van der Waals surface area contributed by atoms with Gasteiger partial charge in [0.25, 0.3) is 0 Å². The molecular formula is C20H25BrN2O5. The van der Waals surface area contributed by atoms with Crippen LogP contribution in [0.5, 0.6) is 11.5 Å². The SMILES string of the molecule is CCOc1cc([C@H]2NC(=O)N(C)C(C)=C2C(=O)OC2CCCC2)cc(Br)c1O. The van der Waals surface area contributed by atoms with E-state index < -0.39 is 12.0 Å². The van der Waals surface area contributed by atoms with E-state index in [0.29, 0.717) is 27.9 Å². The number of allylic oxidation sites excluding steroid dienone is 1. The van der Waals surface area contributed by atoms with E-state index in [1.807, 2.05) is 6.92 Å². The van der Waals surface area contributed by atoms with Gasteiger partial charge in [0.2, 0.25) is 0 Å². The number of esters is 1. The summed E-state index contributed by atoms with van der Waals surface area (Å²) in [5, 5.41) is 13.0. The first-order chi connectivity index (χ1) is 13.3. The standard InChI is InChI=1S/C20H25BrN2O5/c1-4-27-15-10-12(9-14(21)18(15)24)17-16(11(2)23(3)20(26)22-17)19(25)28-13-7-5-6-8-13/h9-10,13,17,24H,4-8H2,1-3H3,(H,22,26)/t17-/m1/s1. The monoisotopic (exact) mass is 452 g/mol. The zero-order valence-electron chi connectivity index (χ0n) is 16.3. The van der Waals surface area contributed by atoms with Crippen molar-refractivity contribution in [2.24, 2.45) is 0 Å². The van der Waals surface area contributed by atoms with Crippen LogP contribution in [0.25, 0.3) is 0 Å². The molecule has 28 heavy (non-hydrogen) atoms. The topological polar surface area (TPSA) is 88.1 Å². The third-order valence-corrected chi connectivity index (χ3v) is 5.84. The number of aromatic hydroxyl groups is 1. The number of halogens is 1. The summed E-state index contributed by atoms with van der Waals surface area (Å²) in [6.07, 6.45) is 3.76. The van der Waals surface area contributed by atoms with Gasteiger partial charge in [-0.25, -0.2) is 9.59 Å². The molecule has 0 spiro atoms. The van der Waals surface area contributed by atoms with E-state index in [2.05, 4.69) is 21.2 Å². The molecule has 1 aliphatic carbocycles. The summed E-state index contributed by atoms with van der Waals surface area (Å²) in [4.78, 5) is 26.8. The zero-order chi connectivity index (χ0) is 20.4. The molecule has 1 fully saturated rings. The lowest BCUT2D eigenvalue weighted by Gasteiger charge is -2.34. The summed E-state index contributed by atoms with van der Waals surface area (Å²) in [7, 11) is 1.61. The summed E-state index contributed by atoms with van der Waals surface area (Å²) in [6, 6.07) is 2.29. The minimum Gasteiger partial charge on any atom is -0.503 e. The van der Waals surface area contributed by atoms with Crippen LogP contribution in [0.15, 0.2) is 27.9 Å². The highest BCUT2D eigenvalue weighted by molar-refractivity contribution is 9.10. The summed E-state index contributed by atoms with van der Waals surface area (Å²) in [5.41, 5.74) is 1.54. The van der Waals surface area contributed by atoms with E-state index >= 15 is 0 Å². The molecule has 2 amide bonds. The van der Waals surface area contributed by atoms with Gasteiger partial charge in [-0.2, -0.15) is 0 Å². The van der Waals surface area contributed by atoms with Crippen molar-refractivity contribution >= 4 is 27.9 Å². The number of phenolic OH excluding ortho intramolecular Hbond substituents is 1. The Morgan fingerprint density at radius 1 is 1.36 bits per heavy atom. The second kappa shape index (κ2) is 8.43. The summed E-state index contributed by atoms with van der Waals surface area (Å²) >= 11 is 3.32. The molecule has 1 aromatic rings. The maximum absolute atomic E-state index is 13.0. The Morgan fingerprint density at radius 3 is 2.68 bits per heavy atom. The van der Waals surface area contributed by atoms with Crippen molar-refractivity contribution in [3.05, 3.63) is 33.4 Å². The fourth-order valence-corrected chi connectivity index (χ4v) is 4.06. The second-order valence-corrected chi connectivity index (χ2v) is 7.89. The van der Waals surface area contributed by atoms with Gasteiger partial charge < -0.3 is 24.8 Å². The van der Waals surface area contributed by atoms with Crippen LogP contribution in [-0.4, -0.2) is 41.8 Å². The van der Waals surface area contributed by atoms with Gasteiger partial charge in [0.15, 0.2) is 11.5 Å². The first kappa shape index (κ1) is 20.5. The molecule has 0 unspecified atom stereocenters. The molecule has 1 aliphatic heterocycles. The first-order valence-corrected chi connectivity index (χ1v) is 10.2. The minimum absolute atomic E-state index is 0.0272. The molecule has 0 aromatic heterocycles. The van der Waals surface area contributed by atoms with Crippen LogP contribution in [0.4, 0.5) is 4.79 Å². The van der Waals surface area contributed by atoms with Gasteiger partial charge in [-0.15, -0.1) is 0 Å². The molecule has 2 aliphatic rings. The van der Waals surface area contributed by atoms with Gasteiger partial charge in [0.1, 0.15) is 6.10 Å². The van der Waals surface area contributed by atoms with E-state index in [0.717, 1.165) is 25.7 Å². The molecule has 7 nitrogen and oxygen atoms in total. The third kappa shape index (κ3) is 3.97. The number of amides is 2. The fraction of sp³-hybridized carbons (Fsp3) is 0.500. The minimum atomic E-state index is -0.700. The summed E-state index contributed by atoms with van der Waals surface area (Å²) in [6.45, 7) is 3.91. The zero-order valence-corrected chi connectivity index (χ0v) is 17.8. The lowest BCUT2D eigenvalue weighted by atomic mass is 9.94. The predicted octanol–water partition coefficient (Wildman–Crippen LogP) is 4.01. The molecule has 1 atom stereocenters. The van der Waals surface area contributed by atoms with Crippen molar-refractivity contribution in [1.82, 2.24) is 10.2 Å². The number of nitrogens with zero attached hydrogens (tertiary/aromatic N) is 1. The fourth-order valence-electron chi connectivity index (χ4n) is 3.60. The number of benzene rings is 1. The first-order valence-electron chi connectivity index (χ1n) is 9.44. The average Bonchev–Trinajstić information content (AvgIpc) is 3.16. The quantitative estimate of drug-likeness (QED) is 0.658. The highest BCUT2D eigenvalue weighted by Gasteiger charge is 2.37. The Hall–Kier alpha value is -2.22. The lowest BCUT2D eigenvalue weighted by molar-refractivity contribution is -0.144. The molecule has 0 bridgehead atoms. The van der Waals surface area contributed by atoms with Crippen LogP contribution in [0, 0.1) is 0 Å². The molecule has 1 aromatic carbocycles. The number of rotatable bonds is 5. The van der Waals surface area contributed by atoms with Crippen LogP contribution >= 0.6 is 15.9 Å². The molecule has 1 heterocycles. The molecule has 3 rings (SSSR count). The highest BCUT2D eigenvalue weighted by atomic mass is 79.9. The van der Waals surface area contributed by atoms with E-state index in [-0.39, 0.29) is 23.6 Å². The molecule has 8 heteroatoms. The van der Waals surface area contributed by atoms with Crippen molar-refractivity contribution in [3.63, 3.8) is 0 Å². The number of hydrogen-bond acceptors (Lipinski definition) is 5. The van der Waals surface area contributed by atoms with Gasteiger partial charge in [-0.3, -0.25) is 0 Å². The van der Waals surface area contributed by atoms with Crippen molar-refractivity contribution in [2.75, 3.05) is 13.7 Å². The summed E-state index contributed by atoms with van der Waals surface area (Å²) in [5.74, 6) is -0.176. The van der Waals surface area contributed by atoms with Gasteiger partial charge in [-0.05, 0) is 73.2 Å². The van der Waals surface area contributed by atoms with Crippen molar-refractivity contribution in [2.45, 2.75) is 51.7 Å². The molecular weight excluding hydrogens is 428 g/mol. The number of carbonyl (C=O) groups is 2. The maximum Gasteiger partial charge on any atom is 0.338 e. The Balaban J connectivity index is 2.01. The smallest absolute Gasteiger partial charge is 0.338 e. The van der Waals surface area contributed by atoms with Gasteiger partial charge in [0, 0.05) is 12.7 Å². The van der Waals surface area contributed by atoms with Crippen LogP contribution in [-0.2, 0) is 9.53 Å². The maximum atomic E-state index is 13.0. The predicted molar refractivity (Wildman–Crippen MR) is 107 cm³/mol. The number of carbonyl (C=O) groups excluding carboxylic acids is 2. The Bertz CT molecular complexity index is 817. The van der Waals surface area contributed by atoms with E-state index in [4.69, 9.17) is 9.47 Å². The summed E-state index contributed by atoms with van der Waals surface area (Å²) < 4.78 is 11.6. The molecule has 152 valence electrons. The normalized spacial score (nSPS) is 20.4. The number of nitrogens with one attached hydrogen (secondary N) is 1.